The van der Waals surface area contributed by atoms with Gasteiger partial charge in [-0.3, -0.25) is 0 Å². The van der Waals surface area contributed by atoms with Crippen molar-refractivity contribution >= 4 is 42.3 Å². The molecule has 0 radical (unpaired) electrons. The zero-order valence-electron chi connectivity index (χ0n) is 33.4. The average Bonchev–Trinajstić information content (AvgIpc) is 3.76. The van der Waals surface area contributed by atoms with E-state index in [1.807, 2.05) is 23.5 Å². The van der Waals surface area contributed by atoms with Gasteiger partial charge in [-0.2, -0.15) is 0 Å². The van der Waals surface area contributed by atoms with E-state index < -0.39 is 0 Å². The van der Waals surface area contributed by atoms with E-state index in [0.717, 1.165) is 18.4 Å². The first kappa shape index (κ1) is 36.5. The molecule has 1 heterocycles. The molecule has 0 bridgehead atoms. The summed E-state index contributed by atoms with van der Waals surface area (Å²) in [5, 5.41) is 5.39. The summed E-state index contributed by atoms with van der Waals surface area (Å²) in [6.07, 6.45) is 2.65. The van der Waals surface area contributed by atoms with Crippen molar-refractivity contribution in [2.24, 2.45) is 0 Å². The summed E-state index contributed by atoms with van der Waals surface area (Å²) in [6, 6.07) is 63.7. The molecule has 1 aliphatic rings. The second kappa shape index (κ2) is 14.8. The van der Waals surface area contributed by atoms with Crippen molar-refractivity contribution in [3.05, 3.63) is 226 Å². The summed E-state index contributed by atoms with van der Waals surface area (Å²) in [7, 11) is 0. The second-order valence-corrected chi connectivity index (χ2v) is 17.9. The molecule has 3 atom stereocenters. The Morgan fingerprint density at radius 2 is 1.19 bits per heavy atom. The monoisotopic (exact) mass is 770 g/mol. The Morgan fingerprint density at radius 3 is 1.97 bits per heavy atom. The van der Waals surface area contributed by atoms with Crippen molar-refractivity contribution in [3.63, 3.8) is 0 Å². The van der Waals surface area contributed by atoms with Crippen LogP contribution in [-0.4, -0.2) is 0 Å². The third-order valence-electron chi connectivity index (χ3n) is 13.3. The topological polar surface area (TPSA) is 0 Å². The normalized spacial score (nSPS) is 14.7. The van der Waals surface area contributed by atoms with E-state index in [9.17, 15) is 0 Å². The molecule has 0 nitrogen and oxygen atoms in total. The van der Waals surface area contributed by atoms with Crippen LogP contribution in [0.25, 0.3) is 42.1 Å². The van der Waals surface area contributed by atoms with Crippen LogP contribution in [0.5, 0.6) is 0 Å². The average molecular weight is 771 g/mol. The van der Waals surface area contributed by atoms with Crippen molar-refractivity contribution in [3.8, 4) is 11.1 Å². The van der Waals surface area contributed by atoms with Crippen LogP contribution < -0.4 is 0 Å². The minimum Gasteiger partial charge on any atom is -0.207 e. The van der Waals surface area contributed by atoms with Crippen LogP contribution in [0.2, 0.25) is 0 Å². The number of benzene rings is 8. The number of aryl methyl sites for hydroxylation is 1. The lowest BCUT2D eigenvalue weighted by molar-refractivity contribution is 0.543. The van der Waals surface area contributed by atoms with Crippen molar-refractivity contribution in [2.75, 3.05) is 0 Å². The predicted molar refractivity (Wildman–Crippen MR) is 245 cm³/mol. The van der Waals surface area contributed by atoms with E-state index in [2.05, 4.69) is 172 Å². The molecule has 0 N–H and O–H groups in total. The maximum absolute atomic E-state index is 15.1. The summed E-state index contributed by atoms with van der Waals surface area (Å²) in [6.45, 7) is 7.16. The van der Waals surface area contributed by atoms with Gasteiger partial charge in [0.05, 0.1) is 0 Å². The van der Waals surface area contributed by atoms with Crippen molar-refractivity contribution in [1.82, 2.24) is 0 Å². The highest BCUT2D eigenvalue weighted by molar-refractivity contribution is 7.26. The van der Waals surface area contributed by atoms with Crippen LogP contribution >= 0.6 is 11.3 Å². The standard InChI is InChI=1S/C56H47FS/c1-36(48(38-19-8-5-9-20-38)33-41-21-10-14-27-52(41)57)40-30-32-47-50(34-40)56(2,3)51-35-49(43-23-11-12-25-45(43)54(47)51)42(37-17-6-4-7-18-37)31-29-39-22-16-26-46-44-24-13-15-28-53(44)58-55(39)46/h4-28,30,32,34-36,42,48H,29,31,33H2,1-3H3. The van der Waals surface area contributed by atoms with Crippen molar-refractivity contribution < 1.29 is 4.39 Å². The molecule has 0 amide bonds. The molecule has 3 unspecified atom stereocenters. The van der Waals surface area contributed by atoms with Gasteiger partial charge in [-0.15, -0.1) is 11.3 Å². The van der Waals surface area contributed by atoms with Crippen LogP contribution in [0.3, 0.4) is 0 Å². The van der Waals surface area contributed by atoms with Gasteiger partial charge in [0, 0.05) is 31.5 Å². The van der Waals surface area contributed by atoms with Crippen LogP contribution in [0.1, 0.15) is 89.5 Å². The molecule has 58 heavy (non-hydrogen) atoms. The highest BCUT2D eigenvalue weighted by Crippen LogP contribution is 2.54. The van der Waals surface area contributed by atoms with Crippen LogP contribution in [0.4, 0.5) is 4.39 Å². The molecule has 9 aromatic rings. The Morgan fingerprint density at radius 1 is 0.552 bits per heavy atom. The minimum atomic E-state index is -0.211. The molecule has 1 aliphatic carbocycles. The molecule has 284 valence electrons. The Hall–Kier alpha value is -5.83. The second-order valence-electron chi connectivity index (χ2n) is 16.9. The van der Waals surface area contributed by atoms with Crippen LogP contribution in [0.15, 0.2) is 176 Å². The van der Waals surface area contributed by atoms with E-state index in [1.165, 1.54) is 81.0 Å². The Balaban J connectivity index is 1.06. The number of hydrogen-bond donors (Lipinski definition) is 0. The molecule has 1 aromatic heterocycles. The van der Waals surface area contributed by atoms with Gasteiger partial charge in [0.2, 0.25) is 0 Å². The zero-order chi connectivity index (χ0) is 39.4. The third kappa shape index (κ3) is 6.26. The molecular formula is C56H47FS. The van der Waals surface area contributed by atoms with E-state index in [4.69, 9.17) is 0 Å². The molecule has 0 spiro atoms. The van der Waals surface area contributed by atoms with Crippen LogP contribution in [0, 0.1) is 5.82 Å². The van der Waals surface area contributed by atoms with Crippen molar-refractivity contribution in [2.45, 2.75) is 63.2 Å². The lowest BCUT2D eigenvalue weighted by Gasteiger charge is -2.28. The van der Waals surface area contributed by atoms with Gasteiger partial charge in [0.25, 0.3) is 0 Å². The molecular weight excluding hydrogens is 724 g/mol. The summed E-state index contributed by atoms with van der Waals surface area (Å²) >= 11 is 1.93. The molecule has 0 fully saturated rings. The highest BCUT2D eigenvalue weighted by Gasteiger charge is 2.39. The first-order valence-corrected chi connectivity index (χ1v) is 21.6. The highest BCUT2D eigenvalue weighted by atomic mass is 32.1. The first-order valence-electron chi connectivity index (χ1n) is 20.8. The molecule has 2 heteroatoms. The van der Waals surface area contributed by atoms with E-state index in [0.29, 0.717) is 6.42 Å². The van der Waals surface area contributed by atoms with E-state index >= 15 is 4.39 Å². The summed E-state index contributed by atoms with van der Waals surface area (Å²) in [5.74, 6) is 0.392. The number of halogens is 1. The number of rotatable bonds is 10. The van der Waals surface area contributed by atoms with Gasteiger partial charge >= 0.3 is 0 Å². The minimum absolute atomic E-state index is 0.125. The van der Waals surface area contributed by atoms with Crippen LogP contribution in [-0.2, 0) is 18.3 Å². The fraction of sp³-hybridized carbons (Fsp3) is 0.179. The van der Waals surface area contributed by atoms with Gasteiger partial charge in [0.15, 0.2) is 0 Å². The molecule has 0 saturated carbocycles. The number of fused-ring (bicyclic) bond motifs is 8. The predicted octanol–water partition coefficient (Wildman–Crippen LogP) is 15.5. The molecule has 8 aromatic carbocycles. The summed E-state index contributed by atoms with van der Waals surface area (Å²) < 4.78 is 17.9. The number of hydrogen-bond acceptors (Lipinski definition) is 1. The number of thiophene rings is 1. The van der Waals surface area contributed by atoms with E-state index in [-0.39, 0.29) is 29.0 Å². The smallest absolute Gasteiger partial charge is 0.126 e. The fourth-order valence-electron chi connectivity index (χ4n) is 10.1. The maximum Gasteiger partial charge on any atom is 0.126 e. The lowest BCUT2D eigenvalue weighted by atomic mass is 9.76. The molecule has 10 rings (SSSR count). The Labute approximate surface area is 345 Å². The third-order valence-corrected chi connectivity index (χ3v) is 14.5. The maximum atomic E-state index is 15.1. The van der Waals surface area contributed by atoms with E-state index in [1.54, 1.807) is 12.1 Å². The van der Waals surface area contributed by atoms with Gasteiger partial charge in [-0.05, 0) is 110 Å². The first-order chi connectivity index (χ1) is 28.4. The Bertz CT molecular complexity index is 2940. The lowest BCUT2D eigenvalue weighted by Crippen LogP contribution is -2.17. The summed E-state index contributed by atoms with van der Waals surface area (Å²) in [4.78, 5) is 0. The van der Waals surface area contributed by atoms with Gasteiger partial charge in [0.1, 0.15) is 5.82 Å². The van der Waals surface area contributed by atoms with Crippen molar-refractivity contribution in [1.29, 1.82) is 0 Å². The van der Waals surface area contributed by atoms with Gasteiger partial charge in [-0.1, -0.05) is 185 Å². The molecule has 0 saturated heterocycles. The Kier molecular flexibility index (Phi) is 9.34. The SMILES string of the molecule is CC(c1ccc2c(c1)C(C)(C)c1cc(C(CCc3cccc4c3sc3ccccc34)c3ccccc3)c3ccccc3c1-2)C(Cc1ccccc1F)c1ccccc1. The quantitative estimate of drug-likeness (QED) is 0.130. The van der Waals surface area contributed by atoms with Gasteiger partial charge in [-0.25, -0.2) is 4.39 Å². The largest absolute Gasteiger partial charge is 0.207 e. The summed E-state index contributed by atoms with van der Waals surface area (Å²) in [5.41, 5.74) is 12.8. The zero-order valence-corrected chi connectivity index (χ0v) is 34.2. The van der Waals surface area contributed by atoms with Gasteiger partial charge < -0.3 is 0 Å². The molecule has 0 aliphatic heterocycles. The fourth-order valence-corrected chi connectivity index (χ4v) is 11.3.